The van der Waals surface area contributed by atoms with Gasteiger partial charge in [0.25, 0.3) is 0 Å². The van der Waals surface area contributed by atoms with Crippen LogP contribution in [-0.4, -0.2) is 27.6 Å². The highest BCUT2D eigenvalue weighted by atomic mass is 16.5. The Morgan fingerprint density at radius 2 is 1.92 bits per heavy atom. The maximum atomic E-state index is 12.6. The number of amides is 1. The van der Waals surface area contributed by atoms with Crippen molar-refractivity contribution >= 4 is 11.6 Å². The maximum absolute atomic E-state index is 12.6. The van der Waals surface area contributed by atoms with Gasteiger partial charge in [0.05, 0.1) is 5.92 Å². The van der Waals surface area contributed by atoms with E-state index in [2.05, 4.69) is 34.2 Å². The molecule has 0 bridgehead atoms. The SMILES string of the molecule is Cc1cc(C)c(N2CC(c3nc(-c4ccccn4)no3)CC2=O)c(C)c1. The van der Waals surface area contributed by atoms with Gasteiger partial charge >= 0.3 is 0 Å². The fourth-order valence-corrected chi connectivity index (χ4v) is 3.69. The molecule has 132 valence electrons. The number of nitrogens with zero attached hydrogens (tertiary/aromatic N) is 4. The predicted octanol–water partition coefficient (Wildman–Crippen LogP) is 3.58. The van der Waals surface area contributed by atoms with Gasteiger partial charge in [-0.25, -0.2) is 0 Å². The van der Waals surface area contributed by atoms with Crippen molar-refractivity contribution in [1.82, 2.24) is 15.1 Å². The smallest absolute Gasteiger partial charge is 0.232 e. The molecule has 1 aliphatic heterocycles. The van der Waals surface area contributed by atoms with E-state index in [-0.39, 0.29) is 11.8 Å². The molecule has 1 amide bonds. The van der Waals surface area contributed by atoms with E-state index < -0.39 is 0 Å². The highest BCUT2D eigenvalue weighted by Crippen LogP contribution is 2.35. The standard InChI is InChI=1S/C20H20N4O2/c1-12-8-13(2)18(14(3)9-12)24-11-15(10-17(24)25)20-22-19(23-26-20)16-6-4-5-7-21-16/h4-9,15H,10-11H2,1-3H3. The second-order valence-corrected chi connectivity index (χ2v) is 6.82. The van der Waals surface area contributed by atoms with Crippen LogP contribution < -0.4 is 4.90 Å². The Bertz CT molecular complexity index is 942. The number of anilines is 1. The number of aryl methyl sites for hydroxylation is 3. The molecule has 0 aliphatic carbocycles. The van der Waals surface area contributed by atoms with Crippen molar-refractivity contribution in [3.05, 3.63) is 59.1 Å². The molecular formula is C20H20N4O2. The molecule has 26 heavy (non-hydrogen) atoms. The van der Waals surface area contributed by atoms with E-state index in [0.717, 1.165) is 16.8 Å². The molecule has 1 aliphatic rings. The summed E-state index contributed by atoms with van der Waals surface area (Å²) in [5, 5.41) is 4.02. The van der Waals surface area contributed by atoms with Crippen molar-refractivity contribution in [3.63, 3.8) is 0 Å². The molecule has 1 aromatic carbocycles. The normalized spacial score (nSPS) is 17.1. The van der Waals surface area contributed by atoms with E-state index in [4.69, 9.17) is 4.52 Å². The second kappa shape index (κ2) is 6.37. The van der Waals surface area contributed by atoms with E-state index >= 15 is 0 Å². The minimum absolute atomic E-state index is 0.0858. The van der Waals surface area contributed by atoms with Crippen molar-refractivity contribution in [3.8, 4) is 11.5 Å². The molecule has 0 N–H and O–H groups in total. The first-order valence-electron chi connectivity index (χ1n) is 8.66. The van der Waals surface area contributed by atoms with Gasteiger partial charge in [-0.05, 0) is 44.0 Å². The Balaban J connectivity index is 1.60. The number of benzene rings is 1. The Morgan fingerprint density at radius 3 is 2.62 bits per heavy atom. The molecule has 1 atom stereocenters. The van der Waals surface area contributed by atoms with E-state index in [0.29, 0.717) is 30.4 Å². The van der Waals surface area contributed by atoms with E-state index in [1.807, 2.05) is 36.9 Å². The summed E-state index contributed by atoms with van der Waals surface area (Å²) in [4.78, 5) is 23.2. The monoisotopic (exact) mass is 348 g/mol. The van der Waals surface area contributed by atoms with Crippen LogP contribution in [-0.2, 0) is 4.79 Å². The molecule has 2 aromatic heterocycles. The first kappa shape index (κ1) is 16.4. The number of pyridine rings is 1. The Labute approximate surface area is 151 Å². The van der Waals surface area contributed by atoms with Gasteiger partial charge in [0.1, 0.15) is 5.69 Å². The largest absolute Gasteiger partial charge is 0.339 e. The lowest BCUT2D eigenvalue weighted by atomic mass is 10.0. The zero-order valence-corrected chi connectivity index (χ0v) is 15.1. The summed E-state index contributed by atoms with van der Waals surface area (Å²) in [6, 6.07) is 9.76. The van der Waals surface area contributed by atoms with Gasteiger partial charge in [-0.15, -0.1) is 0 Å². The lowest BCUT2D eigenvalue weighted by Gasteiger charge is -2.21. The number of aromatic nitrogens is 3. The molecule has 1 unspecified atom stereocenters. The molecule has 6 nitrogen and oxygen atoms in total. The number of rotatable bonds is 3. The molecule has 3 heterocycles. The average Bonchev–Trinajstić information content (AvgIpc) is 3.22. The summed E-state index contributed by atoms with van der Waals surface area (Å²) < 4.78 is 5.44. The van der Waals surface area contributed by atoms with E-state index in [9.17, 15) is 4.79 Å². The molecule has 0 spiro atoms. The molecule has 1 fully saturated rings. The first-order chi connectivity index (χ1) is 12.5. The third kappa shape index (κ3) is 2.87. The molecular weight excluding hydrogens is 328 g/mol. The van der Waals surface area contributed by atoms with E-state index in [1.54, 1.807) is 6.20 Å². The summed E-state index contributed by atoms with van der Waals surface area (Å²) in [5.74, 6) is 0.924. The van der Waals surface area contributed by atoms with Crippen LogP contribution in [0.3, 0.4) is 0 Å². The van der Waals surface area contributed by atoms with Crippen LogP contribution in [0.15, 0.2) is 41.1 Å². The summed E-state index contributed by atoms with van der Waals surface area (Å²) >= 11 is 0. The van der Waals surface area contributed by atoms with E-state index in [1.165, 1.54) is 5.56 Å². The number of carbonyl (C=O) groups is 1. The summed E-state index contributed by atoms with van der Waals surface area (Å²) in [6.07, 6.45) is 2.06. The molecule has 1 saturated heterocycles. The van der Waals surface area contributed by atoms with Gasteiger partial charge in [-0.1, -0.05) is 28.9 Å². The van der Waals surface area contributed by atoms with Crippen LogP contribution in [0.25, 0.3) is 11.5 Å². The van der Waals surface area contributed by atoms with Crippen molar-refractivity contribution in [2.45, 2.75) is 33.1 Å². The van der Waals surface area contributed by atoms with Gasteiger partial charge in [0.15, 0.2) is 0 Å². The summed E-state index contributed by atoms with van der Waals surface area (Å²) in [7, 11) is 0. The lowest BCUT2D eigenvalue weighted by molar-refractivity contribution is -0.117. The minimum atomic E-state index is -0.104. The Morgan fingerprint density at radius 1 is 1.15 bits per heavy atom. The average molecular weight is 348 g/mol. The second-order valence-electron chi connectivity index (χ2n) is 6.82. The highest BCUT2D eigenvalue weighted by molar-refractivity contribution is 5.97. The van der Waals surface area contributed by atoms with Gasteiger partial charge in [0.2, 0.25) is 17.6 Å². The van der Waals surface area contributed by atoms with Crippen LogP contribution in [0.4, 0.5) is 5.69 Å². The van der Waals surface area contributed by atoms with Crippen LogP contribution in [0.2, 0.25) is 0 Å². The van der Waals surface area contributed by atoms with Gasteiger partial charge in [-0.2, -0.15) is 4.98 Å². The molecule has 0 radical (unpaired) electrons. The highest BCUT2D eigenvalue weighted by Gasteiger charge is 2.36. The first-order valence-corrected chi connectivity index (χ1v) is 8.66. The topological polar surface area (TPSA) is 72.1 Å². The lowest BCUT2D eigenvalue weighted by Crippen LogP contribution is -2.26. The van der Waals surface area contributed by atoms with Crippen LogP contribution >= 0.6 is 0 Å². The quantitative estimate of drug-likeness (QED) is 0.723. The fourth-order valence-electron chi connectivity index (χ4n) is 3.69. The van der Waals surface area contributed by atoms with Crippen molar-refractivity contribution in [1.29, 1.82) is 0 Å². The van der Waals surface area contributed by atoms with Gasteiger partial charge < -0.3 is 9.42 Å². The predicted molar refractivity (Wildman–Crippen MR) is 97.9 cm³/mol. The van der Waals surface area contributed by atoms with Crippen molar-refractivity contribution < 1.29 is 9.32 Å². The van der Waals surface area contributed by atoms with Crippen LogP contribution in [0.5, 0.6) is 0 Å². The number of hydrogen-bond acceptors (Lipinski definition) is 5. The maximum Gasteiger partial charge on any atom is 0.232 e. The van der Waals surface area contributed by atoms with Gasteiger partial charge in [0, 0.05) is 24.8 Å². The third-order valence-electron chi connectivity index (χ3n) is 4.72. The number of hydrogen-bond donors (Lipinski definition) is 0. The van der Waals surface area contributed by atoms with Gasteiger partial charge in [-0.3, -0.25) is 9.78 Å². The zero-order chi connectivity index (χ0) is 18.3. The van der Waals surface area contributed by atoms with Crippen LogP contribution in [0, 0.1) is 20.8 Å². The number of carbonyl (C=O) groups excluding carboxylic acids is 1. The van der Waals surface area contributed by atoms with Crippen molar-refractivity contribution in [2.75, 3.05) is 11.4 Å². The molecule has 3 aromatic rings. The molecule has 0 saturated carbocycles. The minimum Gasteiger partial charge on any atom is -0.339 e. The Kier molecular flexibility index (Phi) is 4.03. The van der Waals surface area contributed by atoms with Crippen molar-refractivity contribution in [2.24, 2.45) is 0 Å². The summed E-state index contributed by atoms with van der Waals surface area (Å²) in [6.45, 7) is 6.70. The molecule has 4 rings (SSSR count). The summed E-state index contributed by atoms with van der Waals surface area (Å²) in [5.41, 5.74) is 5.07. The zero-order valence-electron chi connectivity index (χ0n) is 15.1. The Hall–Kier alpha value is -3.02. The van der Waals surface area contributed by atoms with Crippen LogP contribution in [0.1, 0.15) is 34.9 Å². The third-order valence-corrected chi connectivity index (χ3v) is 4.72. The fraction of sp³-hybridized carbons (Fsp3) is 0.300. The molecule has 6 heteroatoms.